The molecule has 0 aromatic heterocycles. The second kappa shape index (κ2) is 5.01. The molecule has 3 aromatic rings. The van der Waals surface area contributed by atoms with Crippen molar-refractivity contribution in [3.8, 4) is 0 Å². The maximum atomic E-state index is 2.32. The molecule has 0 aliphatic heterocycles. The summed E-state index contributed by atoms with van der Waals surface area (Å²) >= 11 is -1.17. The molecule has 1 heteroatoms. The van der Waals surface area contributed by atoms with E-state index in [4.69, 9.17) is 0 Å². The molecule has 0 spiro atoms. The topological polar surface area (TPSA) is 0 Å². The monoisotopic (exact) mass is 406 g/mol. The molecule has 0 aliphatic carbocycles. The molecule has 0 amide bonds. The molecule has 3 aromatic carbocycles. The third-order valence-electron chi connectivity index (χ3n) is 3.12. The van der Waals surface area contributed by atoms with Gasteiger partial charge in [0.1, 0.15) is 0 Å². The van der Waals surface area contributed by atoms with Crippen molar-refractivity contribution >= 4 is 16.9 Å². The molecule has 0 fully saturated rings. The summed E-state index contributed by atoms with van der Waals surface area (Å²) in [6.07, 6.45) is 0. The van der Waals surface area contributed by atoms with Gasteiger partial charge < -0.3 is 0 Å². The molecule has 17 heavy (non-hydrogen) atoms. The van der Waals surface area contributed by atoms with Gasteiger partial charge in [-0.3, -0.25) is 0 Å². The zero-order valence-corrected chi connectivity index (χ0v) is 15.1. The zero-order valence-electron chi connectivity index (χ0n) is 9.64. The van der Waals surface area contributed by atoms with Gasteiger partial charge in [0.05, 0.1) is 0 Å². The van der Waals surface area contributed by atoms with E-state index in [-0.39, 0.29) is 0 Å². The Hall–Kier alpha value is -1.14. The van der Waals surface area contributed by atoms with Crippen molar-refractivity contribution in [2.45, 2.75) is 0 Å². The summed E-state index contributed by atoms with van der Waals surface area (Å²) in [5.41, 5.74) is 0. The van der Waals surface area contributed by atoms with Gasteiger partial charge in [-0.1, -0.05) is 0 Å². The van der Waals surface area contributed by atoms with Crippen LogP contribution in [-0.2, 0) is 24.6 Å². The maximum absolute atomic E-state index is 2.32. The van der Waals surface area contributed by atoms with E-state index in [1.807, 2.05) is 0 Å². The summed E-state index contributed by atoms with van der Waals surface area (Å²) in [5.74, 6) is 0. The van der Waals surface area contributed by atoms with Crippen molar-refractivity contribution in [1.29, 1.82) is 0 Å². The van der Waals surface area contributed by atoms with Crippen LogP contribution >= 0.6 is 0 Å². The fraction of sp³-hybridized carbons (Fsp3) is 0. The molecule has 0 unspecified atom stereocenters. The van der Waals surface area contributed by atoms with E-state index in [1.165, 1.54) is 10.8 Å². The van der Waals surface area contributed by atoms with Crippen LogP contribution in [-0.4, -0.2) is 0 Å². The van der Waals surface area contributed by atoms with Crippen LogP contribution in [0.3, 0.4) is 0 Å². The Labute approximate surface area is 114 Å². The first-order valence-corrected chi connectivity index (χ1v) is 11.4. The molecule has 0 atom stereocenters. The van der Waals surface area contributed by atoms with Gasteiger partial charge in [0, 0.05) is 0 Å². The van der Waals surface area contributed by atoms with Gasteiger partial charge >= 0.3 is 114 Å². The van der Waals surface area contributed by atoms with Crippen molar-refractivity contribution in [2.75, 3.05) is 0 Å². The first-order valence-electron chi connectivity index (χ1n) is 5.94. The Morgan fingerprint density at radius 1 is 0.588 bits per heavy atom. The number of hydrogen-bond acceptors (Lipinski definition) is 0. The minimum atomic E-state index is -1.17. The summed E-state index contributed by atoms with van der Waals surface area (Å²) in [5, 5.41) is 2.83. The molecular weight excluding hydrogens is 393 g/mol. The molecule has 0 saturated carbocycles. The van der Waals surface area contributed by atoms with Gasteiger partial charge in [0.15, 0.2) is 0 Å². The Bertz CT molecular complexity index is 624. The summed E-state index contributed by atoms with van der Waals surface area (Å²) in [6, 6.07) is 26.4. The first kappa shape index (κ1) is 11.0. The number of hydrogen-bond donors (Lipinski definition) is 0. The zero-order chi connectivity index (χ0) is 11.5. The average Bonchev–Trinajstić information content (AvgIpc) is 2.40. The number of rotatable bonds is 2. The standard InChI is InChI=1S/C10H7.C6H5.Hg/c1-2-6-10-8-4-3-7-9(10)5-1;1-2-4-6-5-3-1;/h1-7H;1-5H;. The van der Waals surface area contributed by atoms with Gasteiger partial charge in [-0.15, -0.1) is 0 Å². The van der Waals surface area contributed by atoms with Crippen molar-refractivity contribution in [1.82, 2.24) is 0 Å². The van der Waals surface area contributed by atoms with Gasteiger partial charge in [-0.2, -0.15) is 0 Å². The fourth-order valence-corrected chi connectivity index (χ4v) is 8.93. The Morgan fingerprint density at radius 2 is 1.29 bits per heavy atom. The molecule has 0 saturated heterocycles. The Kier molecular flexibility index (Phi) is 3.24. The molecule has 0 nitrogen and oxygen atoms in total. The Morgan fingerprint density at radius 3 is 2.18 bits per heavy atom. The van der Waals surface area contributed by atoms with Gasteiger partial charge in [-0.05, 0) is 0 Å². The minimum absolute atomic E-state index is 1.17. The molecular formula is C16H12Hg. The van der Waals surface area contributed by atoms with Crippen molar-refractivity contribution < 1.29 is 24.6 Å². The third-order valence-corrected chi connectivity index (χ3v) is 10.4. The van der Waals surface area contributed by atoms with E-state index in [9.17, 15) is 0 Å². The number of fused-ring (bicyclic) bond motifs is 1. The van der Waals surface area contributed by atoms with Crippen LogP contribution in [0.5, 0.6) is 0 Å². The van der Waals surface area contributed by atoms with Gasteiger partial charge in [-0.25, -0.2) is 0 Å². The van der Waals surface area contributed by atoms with Crippen LogP contribution in [0.4, 0.5) is 0 Å². The normalized spacial score (nSPS) is 10.1. The van der Waals surface area contributed by atoms with Gasteiger partial charge in [0.25, 0.3) is 0 Å². The van der Waals surface area contributed by atoms with E-state index in [2.05, 4.69) is 72.8 Å². The second-order valence-electron chi connectivity index (χ2n) is 4.30. The molecule has 0 aliphatic rings. The SMILES string of the molecule is c1cc[c]([Hg][c]2cccc3ccccc23)cc1. The summed E-state index contributed by atoms with van der Waals surface area (Å²) in [6.45, 7) is 0. The van der Waals surface area contributed by atoms with E-state index >= 15 is 0 Å². The predicted molar refractivity (Wildman–Crippen MR) is 69.7 cm³/mol. The van der Waals surface area contributed by atoms with Crippen LogP contribution in [0.25, 0.3) is 10.8 Å². The van der Waals surface area contributed by atoms with Crippen LogP contribution in [0.2, 0.25) is 0 Å². The molecule has 78 valence electrons. The average molecular weight is 405 g/mol. The molecule has 0 N–H and O–H groups in total. The Balaban J connectivity index is 2.06. The first-order chi connectivity index (χ1) is 8.43. The van der Waals surface area contributed by atoms with Crippen molar-refractivity contribution in [3.63, 3.8) is 0 Å². The van der Waals surface area contributed by atoms with E-state index in [1.54, 1.807) is 6.14 Å². The summed E-state index contributed by atoms with van der Waals surface area (Å²) < 4.78 is 3.21. The molecule has 0 radical (unpaired) electrons. The summed E-state index contributed by atoms with van der Waals surface area (Å²) in [7, 11) is 0. The van der Waals surface area contributed by atoms with Gasteiger partial charge in [0.2, 0.25) is 0 Å². The van der Waals surface area contributed by atoms with Crippen LogP contribution in [0, 0.1) is 0 Å². The second-order valence-corrected chi connectivity index (χ2v) is 11.8. The number of benzene rings is 3. The fourth-order valence-electron chi connectivity index (χ4n) is 2.26. The summed E-state index contributed by atoms with van der Waals surface area (Å²) in [4.78, 5) is 0. The molecule has 0 heterocycles. The van der Waals surface area contributed by atoms with Crippen molar-refractivity contribution in [2.24, 2.45) is 0 Å². The van der Waals surface area contributed by atoms with E-state index in [0.29, 0.717) is 0 Å². The van der Waals surface area contributed by atoms with Crippen LogP contribution in [0.1, 0.15) is 0 Å². The third kappa shape index (κ3) is 2.42. The van der Waals surface area contributed by atoms with Crippen molar-refractivity contribution in [3.05, 3.63) is 72.8 Å². The molecule has 3 rings (SSSR count). The van der Waals surface area contributed by atoms with E-state index in [0.717, 1.165) is 0 Å². The van der Waals surface area contributed by atoms with E-state index < -0.39 is 24.6 Å². The quantitative estimate of drug-likeness (QED) is 0.576. The van der Waals surface area contributed by atoms with Crippen LogP contribution in [0.15, 0.2) is 72.8 Å². The van der Waals surface area contributed by atoms with Crippen LogP contribution < -0.4 is 6.14 Å². The predicted octanol–water partition coefficient (Wildman–Crippen LogP) is 2.87. The molecule has 0 bridgehead atoms.